The van der Waals surface area contributed by atoms with Crippen molar-refractivity contribution in [1.29, 1.82) is 0 Å². The monoisotopic (exact) mass is 266 g/mol. The van der Waals surface area contributed by atoms with Gasteiger partial charge in [-0.15, -0.1) is 0 Å². The Bertz CT molecular complexity index is 290. The lowest BCUT2D eigenvalue weighted by Crippen LogP contribution is -2.43. The smallest absolute Gasteiger partial charge is 0.157 e. The van der Waals surface area contributed by atoms with Gasteiger partial charge in [0, 0.05) is 5.41 Å². The predicted octanol–water partition coefficient (Wildman–Crippen LogP) is 4.55. The number of allylic oxidation sites excluding steroid dienone is 2. The van der Waals surface area contributed by atoms with Crippen molar-refractivity contribution >= 4 is 0 Å². The van der Waals surface area contributed by atoms with Crippen molar-refractivity contribution in [3.05, 3.63) is 12.2 Å². The maximum atomic E-state index is 5.97. The van der Waals surface area contributed by atoms with E-state index in [0.29, 0.717) is 5.92 Å². The molecule has 0 N–H and O–H groups in total. The summed E-state index contributed by atoms with van der Waals surface area (Å²) < 4.78 is 11.9. The molecule has 1 aliphatic heterocycles. The highest BCUT2D eigenvalue weighted by Crippen LogP contribution is 2.35. The molecule has 2 atom stereocenters. The average molecular weight is 266 g/mol. The van der Waals surface area contributed by atoms with E-state index in [1.807, 2.05) is 0 Å². The molecule has 110 valence electrons. The SMILES string of the molecule is CCC(C)C1(C)COC(CCC2CC=CCC2)OC1. The van der Waals surface area contributed by atoms with E-state index in [0.717, 1.165) is 25.6 Å². The van der Waals surface area contributed by atoms with Gasteiger partial charge < -0.3 is 9.47 Å². The molecule has 0 bridgehead atoms. The van der Waals surface area contributed by atoms with Crippen LogP contribution in [0.5, 0.6) is 0 Å². The lowest BCUT2D eigenvalue weighted by atomic mass is 9.77. The van der Waals surface area contributed by atoms with Gasteiger partial charge in [-0.1, -0.05) is 39.3 Å². The standard InChI is InChI=1S/C17H30O2/c1-4-14(2)17(3)12-18-16(19-13-17)11-10-15-8-6-5-7-9-15/h5-6,14-16H,4,7-13H2,1-3H3. The molecule has 19 heavy (non-hydrogen) atoms. The number of hydrogen-bond acceptors (Lipinski definition) is 2. The molecule has 0 aromatic rings. The molecular formula is C17H30O2. The Labute approximate surface area is 118 Å². The third-order valence-electron chi connectivity index (χ3n) is 5.19. The topological polar surface area (TPSA) is 18.5 Å². The Hall–Kier alpha value is -0.340. The second-order valence-electron chi connectivity index (χ2n) is 6.74. The summed E-state index contributed by atoms with van der Waals surface area (Å²) in [6.45, 7) is 8.57. The minimum Gasteiger partial charge on any atom is -0.352 e. The molecule has 1 heterocycles. The normalized spacial score (nSPS) is 37.2. The molecule has 2 nitrogen and oxygen atoms in total. The van der Waals surface area contributed by atoms with Crippen molar-refractivity contribution in [2.24, 2.45) is 17.3 Å². The molecule has 1 saturated heterocycles. The van der Waals surface area contributed by atoms with Crippen LogP contribution in [0.4, 0.5) is 0 Å². The first-order chi connectivity index (χ1) is 9.14. The van der Waals surface area contributed by atoms with E-state index in [2.05, 4.69) is 32.9 Å². The van der Waals surface area contributed by atoms with Crippen LogP contribution >= 0.6 is 0 Å². The molecule has 0 amide bonds. The molecule has 1 aliphatic carbocycles. The molecular weight excluding hydrogens is 236 g/mol. The van der Waals surface area contributed by atoms with Crippen molar-refractivity contribution in [1.82, 2.24) is 0 Å². The third-order valence-corrected chi connectivity index (χ3v) is 5.19. The zero-order chi connectivity index (χ0) is 13.7. The summed E-state index contributed by atoms with van der Waals surface area (Å²) >= 11 is 0. The lowest BCUT2D eigenvalue weighted by Gasteiger charge is -2.41. The fraction of sp³-hybridized carbons (Fsp3) is 0.882. The van der Waals surface area contributed by atoms with Crippen LogP contribution in [0.1, 0.15) is 59.3 Å². The van der Waals surface area contributed by atoms with Gasteiger partial charge in [0.05, 0.1) is 13.2 Å². The molecule has 0 aromatic heterocycles. The predicted molar refractivity (Wildman–Crippen MR) is 79.0 cm³/mol. The molecule has 0 saturated carbocycles. The van der Waals surface area contributed by atoms with Crippen LogP contribution in [0.15, 0.2) is 12.2 Å². The van der Waals surface area contributed by atoms with Gasteiger partial charge in [0.15, 0.2) is 6.29 Å². The Kier molecular flexibility index (Phi) is 5.47. The summed E-state index contributed by atoms with van der Waals surface area (Å²) in [5.41, 5.74) is 0.207. The zero-order valence-corrected chi connectivity index (χ0v) is 12.9. The van der Waals surface area contributed by atoms with Crippen molar-refractivity contribution in [2.75, 3.05) is 13.2 Å². The van der Waals surface area contributed by atoms with E-state index in [1.165, 1.54) is 32.1 Å². The summed E-state index contributed by atoms with van der Waals surface area (Å²) in [7, 11) is 0. The number of rotatable bonds is 5. The molecule has 2 heteroatoms. The summed E-state index contributed by atoms with van der Waals surface area (Å²) in [4.78, 5) is 0. The van der Waals surface area contributed by atoms with Gasteiger partial charge in [0.2, 0.25) is 0 Å². The zero-order valence-electron chi connectivity index (χ0n) is 12.9. The van der Waals surface area contributed by atoms with Crippen molar-refractivity contribution in [2.45, 2.75) is 65.6 Å². The van der Waals surface area contributed by atoms with Gasteiger partial charge in [-0.25, -0.2) is 0 Å². The van der Waals surface area contributed by atoms with Crippen LogP contribution in [0.3, 0.4) is 0 Å². The largest absolute Gasteiger partial charge is 0.352 e. The van der Waals surface area contributed by atoms with E-state index < -0.39 is 0 Å². The van der Waals surface area contributed by atoms with E-state index in [1.54, 1.807) is 0 Å². The molecule has 1 fully saturated rings. The lowest BCUT2D eigenvalue weighted by molar-refractivity contribution is -0.239. The van der Waals surface area contributed by atoms with Gasteiger partial charge in [0.1, 0.15) is 0 Å². The first-order valence-corrected chi connectivity index (χ1v) is 8.02. The van der Waals surface area contributed by atoms with Crippen molar-refractivity contribution in [3.63, 3.8) is 0 Å². The highest BCUT2D eigenvalue weighted by atomic mass is 16.7. The summed E-state index contributed by atoms with van der Waals surface area (Å²) in [5, 5.41) is 0. The van der Waals surface area contributed by atoms with E-state index >= 15 is 0 Å². The molecule has 0 aromatic carbocycles. The third kappa shape index (κ3) is 4.06. The number of hydrogen-bond donors (Lipinski definition) is 0. The quantitative estimate of drug-likeness (QED) is 0.680. The Morgan fingerprint density at radius 2 is 1.95 bits per heavy atom. The maximum absolute atomic E-state index is 5.97. The fourth-order valence-electron chi connectivity index (χ4n) is 3.09. The van der Waals surface area contributed by atoms with Crippen LogP contribution < -0.4 is 0 Å². The van der Waals surface area contributed by atoms with Gasteiger partial charge in [-0.2, -0.15) is 0 Å². The fourth-order valence-corrected chi connectivity index (χ4v) is 3.09. The first kappa shape index (κ1) is 15.1. The summed E-state index contributed by atoms with van der Waals surface area (Å²) in [6.07, 6.45) is 12.0. The molecule has 0 radical (unpaired) electrons. The second-order valence-corrected chi connectivity index (χ2v) is 6.74. The van der Waals surface area contributed by atoms with Gasteiger partial charge in [-0.05, 0) is 43.9 Å². The minimum atomic E-state index is 0.0445. The van der Waals surface area contributed by atoms with Crippen LogP contribution in [-0.4, -0.2) is 19.5 Å². The van der Waals surface area contributed by atoms with Crippen molar-refractivity contribution in [3.8, 4) is 0 Å². The number of ether oxygens (including phenoxy) is 2. The van der Waals surface area contributed by atoms with E-state index in [-0.39, 0.29) is 11.7 Å². The van der Waals surface area contributed by atoms with Gasteiger partial charge in [0.25, 0.3) is 0 Å². The maximum Gasteiger partial charge on any atom is 0.157 e. The van der Waals surface area contributed by atoms with Gasteiger partial charge >= 0.3 is 0 Å². The molecule has 2 unspecified atom stereocenters. The van der Waals surface area contributed by atoms with Crippen LogP contribution in [0.2, 0.25) is 0 Å². The Morgan fingerprint density at radius 3 is 2.53 bits per heavy atom. The van der Waals surface area contributed by atoms with Crippen LogP contribution in [0.25, 0.3) is 0 Å². The average Bonchev–Trinajstić information content (AvgIpc) is 2.47. The van der Waals surface area contributed by atoms with Crippen LogP contribution in [0, 0.1) is 17.3 Å². The second kappa shape index (κ2) is 6.90. The molecule has 2 rings (SSSR count). The van der Waals surface area contributed by atoms with Crippen LogP contribution in [-0.2, 0) is 9.47 Å². The molecule has 0 spiro atoms. The van der Waals surface area contributed by atoms with Crippen molar-refractivity contribution < 1.29 is 9.47 Å². The Morgan fingerprint density at radius 1 is 1.21 bits per heavy atom. The summed E-state index contributed by atoms with van der Waals surface area (Å²) in [5.74, 6) is 1.51. The Balaban J connectivity index is 1.70. The van der Waals surface area contributed by atoms with Gasteiger partial charge in [-0.3, -0.25) is 0 Å². The summed E-state index contributed by atoms with van der Waals surface area (Å²) in [6, 6.07) is 0. The highest BCUT2D eigenvalue weighted by Gasteiger charge is 2.36. The minimum absolute atomic E-state index is 0.0445. The molecule has 2 aliphatic rings. The first-order valence-electron chi connectivity index (χ1n) is 8.02. The van der Waals surface area contributed by atoms with E-state index in [4.69, 9.17) is 9.47 Å². The highest BCUT2D eigenvalue weighted by molar-refractivity contribution is 4.90. The van der Waals surface area contributed by atoms with E-state index in [9.17, 15) is 0 Å².